The molecule has 2 aromatic heterocycles. The molecular formula is C28H33N4O4+. The predicted octanol–water partition coefficient (Wildman–Crippen LogP) is 4.61. The van der Waals surface area contributed by atoms with Crippen molar-refractivity contribution in [3.8, 4) is 34.3 Å². The van der Waals surface area contributed by atoms with Gasteiger partial charge in [0.1, 0.15) is 12.7 Å². The van der Waals surface area contributed by atoms with Crippen molar-refractivity contribution < 1.29 is 23.5 Å². The largest absolute Gasteiger partial charge is 0.493 e. The predicted molar refractivity (Wildman–Crippen MR) is 137 cm³/mol. The molecule has 1 aliphatic rings. The molecule has 36 heavy (non-hydrogen) atoms. The number of unbranched alkanes of at least 4 members (excludes halogenated alkanes) is 3. The molecule has 0 N–H and O–H groups in total. The van der Waals surface area contributed by atoms with Gasteiger partial charge in [-0.25, -0.2) is 4.98 Å². The first kappa shape index (κ1) is 23.9. The minimum atomic E-state index is 0.660. The Bertz CT molecular complexity index is 1340. The quantitative estimate of drug-likeness (QED) is 0.226. The van der Waals surface area contributed by atoms with Crippen LogP contribution in [0.2, 0.25) is 0 Å². The lowest BCUT2D eigenvalue weighted by molar-refractivity contribution is -0.686. The number of aryl methyl sites for hydroxylation is 3. The molecule has 8 nitrogen and oxygen atoms in total. The molecule has 2 aromatic carbocycles. The monoisotopic (exact) mass is 489 g/mol. The lowest BCUT2D eigenvalue weighted by Crippen LogP contribution is -2.40. The maximum Gasteiger partial charge on any atom is 0.213 e. The lowest BCUT2D eigenvalue weighted by atomic mass is 9.95. The highest BCUT2D eigenvalue weighted by atomic mass is 16.5. The molecule has 0 radical (unpaired) electrons. The lowest BCUT2D eigenvalue weighted by Gasteiger charge is -2.19. The first-order valence-electron chi connectivity index (χ1n) is 12.5. The number of nitrogens with zero attached hydrogens (tertiary/aromatic N) is 4. The van der Waals surface area contributed by atoms with Crippen LogP contribution in [0.4, 0.5) is 0 Å². The van der Waals surface area contributed by atoms with Crippen LogP contribution in [0.1, 0.15) is 31.2 Å². The molecule has 5 rings (SSSR count). The first-order chi connectivity index (χ1) is 17.7. The molecule has 4 aromatic rings. The molecule has 0 fully saturated rings. The van der Waals surface area contributed by atoms with Crippen molar-refractivity contribution >= 4 is 10.8 Å². The van der Waals surface area contributed by atoms with Crippen molar-refractivity contribution in [3.63, 3.8) is 0 Å². The van der Waals surface area contributed by atoms with E-state index in [0.717, 1.165) is 84.7 Å². The van der Waals surface area contributed by atoms with Gasteiger partial charge in [0.05, 0.1) is 38.9 Å². The van der Waals surface area contributed by atoms with Crippen molar-refractivity contribution in [3.05, 3.63) is 54.7 Å². The SMILES string of the molecule is COc1cc2c(cc1OCCCCCCn1cncn1)-c1cc3ccc(OC)c(OC)c3c[n+]1CC2. The van der Waals surface area contributed by atoms with E-state index in [0.29, 0.717) is 6.61 Å². The van der Waals surface area contributed by atoms with E-state index in [2.05, 4.69) is 45.1 Å². The zero-order chi connectivity index (χ0) is 24.9. The first-order valence-corrected chi connectivity index (χ1v) is 12.5. The average Bonchev–Trinajstić information content (AvgIpc) is 3.43. The number of rotatable bonds is 11. The summed E-state index contributed by atoms with van der Waals surface area (Å²) in [4.78, 5) is 3.98. The van der Waals surface area contributed by atoms with Gasteiger partial charge >= 0.3 is 0 Å². The fourth-order valence-electron chi connectivity index (χ4n) is 4.92. The Labute approximate surface area is 211 Å². The number of fused-ring (bicyclic) bond motifs is 4. The van der Waals surface area contributed by atoms with Crippen LogP contribution >= 0.6 is 0 Å². The Balaban J connectivity index is 1.32. The second-order valence-electron chi connectivity index (χ2n) is 8.99. The third kappa shape index (κ3) is 4.80. The molecule has 1 aliphatic heterocycles. The summed E-state index contributed by atoms with van der Waals surface area (Å²) >= 11 is 0. The normalized spacial score (nSPS) is 12.2. The van der Waals surface area contributed by atoms with Gasteiger partial charge in [0, 0.05) is 19.0 Å². The van der Waals surface area contributed by atoms with Crippen LogP contribution in [0, 0.1) is 0 Å². The molecular weight excluding hydrogens is 456 g/mol. The summed E-state index contributed by atoms with van der Waals surface area (Å²) in [5.41, 5.74) is 3.62. The van der Waals surface area contributed by atoms with Crippen LogP contribution in [0.25, 0.3) is 22.0 Å². The van der Waals surface area contributed by atoms with Gasteiger partial charge in [0.15, 0.2) is 35.7 Å². The summed E-state index contributed by atoms with van der Waals surface area (Å²) in [7, 11) is 5.06. The Morgan fingerprint density at radius 1 is 0.917 bits per heavy atom. The topological polar surface area (TPSA) is 71.5 Å². The minimum Gasteiger partial charge on any atom is -0.493 e. The van der Waals surface area contributed by atoms with E-state index in [1.165, 1.54) is 11.1 Å². The van der Waals surface area contributed by atoms with Gasteiger partial charge in [-0.05, 0) is 54.5 Å². The number of pyridine rings is 1. The zero-order valence-electron chi connectivity index (χ0n) is 21.2. The maximum absolute atomic E-state index is 6.22. The van der Waals surface area contributed by atoms with Crippen molar-refractivity contribution in [2.75, 3.05) is 27.9 Å². The van der Waals surface area contributed by atoms with E-state index in [1.807, 2.05) is 10.7 Å². The summed E-state index contributed by atoms with van der Waals surface area (Å²) in [6, 6.07) is 10.5. The molecule has 0 atom stereocenters. The third-order valence-electron chi connectivity index (χ3n) is 6.80. The standard InChI is InChI=1S/C28H33N4O4/c1-33-25-9-8-20-14-24-22-16-27(36-13-7-5-4-6-11-32-19-29-18-30-32)26(34-2)15-21(22)10-12-31(24)17-23(20)28(25)35-3/h8-9,14-19H,4-7,10-13H2,1-3H3/q+1. The summed E-state index contributed by atoms with van der Waals surface area (Å²) in [6.07, 6.45) is 10.8. The molecule has 0 amide bonds. The highest BCUT2D eigenvalue weighted by Crippen LogP contribution is 2.40. The van der Waals surface area contributed by atoms with Crippen LogP contribution in [0.5, 0.6) is 23.0 Å². The summed E-state index contributed by atoms with van der Waals surface area (Å²) in [6.45, 7) is 2.45. The average molecular weight is 490 g/mol. The smallest absolute Gasteiger partial charge is 0.213 e. The number of methoxy groups -OCH3 is 3. The Morgan fingerprint density at radius 3 is 2.56 bits per heavy atom. The van der Waals surface area contributed by atoms with Gasteiger partial charge < -0.3 is 18.9 Å². The van der Waals surface area contributed by atoms with Crippen LogP contribution in [0.15, 0.2) is 49.2 Å². The van der Waals surface area contributed by atoms with Crippen molar-refractivity contribution in [1.29, 1.82) is 0 Å². The molecule has 188 valence electrons. The van der Waals surface area contributed by atoms with Crippen molar-refractivity contribution in [1.82, 2.24) is 14.8 Å². The molecule has 0 aliphatic carbocycles. The van der Waals surface area contributed by atoms with Gasteiger partial charge in [0.25, 0.3) is 0 Å². The zero-order valence-corrected chi connectivity index (χ0v) is 21.2. The number of ether oxygens (including phenoxy) is 4. The van der Waals surface area contributed by atoms with Gasteiger partial charge in [-0.15, -0.1) is 0 Å². The summed E-state index contributed by atoms with van der Waals surface area (Å²) in [5.74, 6) is 3.08. The highest BCUT2D eigenvalue weighted by Gasteiger charge is 2.27. The molecule has 0 saturated heterocycles. The van der Waals surface area contributed by atoms with Gasteiger partial charge in [-0.1, -0.05) is 6.42 Å². The van der Waals surface area contributed by atoms with Crippen LogP contribution in [0.3, 0.4) is 0 Å². The molecule has 0 unspecified atom stereocenters. The summed E-state index contributed by atoms with van der Waals surface area (Å²) < 4.78 is 27.2. The van der Waals surface area contributed by atoms with E-state index in [9.17, 15) is 0 Å². The molecule has 0 spiro atoms. The number of hydrogen-bond donors (Lipinski definition) is 0. The van der Waals surface area contributed by atoms with Crippen LogP contribution in [-0.4, -0.2) is 42.7 Å². The van der Waals surface area contributed by atoms with Crippen molar-refractivity contribution in [2.45, 2.75) is 45.2 Å². The van der Waals surface area contributed by atoms with Gasteiger partial charge in [-0.3, -0.25) is 4.68 Å². The van der Waals surface area contributed by atoms with Gasteiger partial charge in [-0.2, -0.15) is 9.67 Å². The Kier molecular flexibility index (Phi) is 7.21. The van der Waals surface area contributed by atoms with Crippen LogP contribution < -0.4 is 23.5 Å². The molecule has 8 heteroatoms. The van der Waals surface area contributed by atoms with E-state index < -0.39 is 0 Å². The number of hydrogen-bond acceptors (Lipinski definition) is 6. The molecule has 0 saturated carbocycles. The fraction of sp³-hybridized carbons (Fsp3) is 0.393. The number of benzene rings is 2. The fourth-order valence-corrected chi connectivity index (χ4v) is 4.92. The van der Waals surface area contributed by atoms with Crippen molar-refractivity contribution in [2.24, 2.45) is 0 Å². The molecule has 0 bridgehead atoms. The second-order valence-corrected chi connectivity index (χ2v) is 8.99. The minimum absolute atomic E-state index is 0.660. The number of aromatic nitrogens is 4. The van der Waals surface area contributed by atoms with Gasteiger partial charge in [0.2, 0.25) is 5.69 Å². The second kappa shape index (κ2) is 10.8. The Hall–Kier alpha value is -3.81. The maximum atomic E-state index is 6.22. The Morgan fingerprint density at radius 2 is 1.78 bits per heavy atom. The summed E-state index contributed by atoms with van der Waals surface area (Å²) in [5, 5.41) is 6.29. The van der Waals surface area contributed by atoms with E-state index in [-0.39, 0.29) is 0 Å². The molecule has 3 heterocycles. The van der Waals surface area contributed by atoms with E-state index >= 15 is 0 Å². The van der Waals surface area contributed by atoms with E-state index in [4.69, 9.17) is 18.9 Å². The third-order valence-corrected chi connectivity index (χ3v) is 6.80. The highest BCUT2D eigenvalue weighted by molar-refractivity contribution is 5.91. The van der Waals surface area contributed by atoms with E-state index in [1.54, 1.807) is 34.0 Å². The van der Waals surface area contributed by atoms with Crippen LogP contribution in [-0.2, 0) is 19.5 Å².